The maximum absolute atomic E-state index is 13.1. The van der Waals surface area contributed by atoms with Crippen LogP contribution in [0.4, 0.5) is 15.8 Å². The van der Waals surface area contributed by atoms with Crippen LogP contribution in [0.15, 0.2) is 42.5 Å². The van der Waals surface area contributed by atoms with E-state index in [4.69, 9.17) is 16.3 Å². The Labute approximate surface area is 167 Å². The van der Waals surface area contributed by atoms with Crippen molar-refractivity contribution in [1.82, 2.24) is 9.78 Å². The summed E-state index contributed by atoms with van der Waals surface area (Å²) >= 11 is 6.51. The fourth-order valence-corrected chi connectivity index (χ4v) is 3.11. The van der Waals surface area contributed by atoms with E-state index in [1.165, 1.54) is 26.2 Å². The molecule has 0 saturated heterocycles. The van der Waals surface area contributed by atoms with E-state index in [-0.39, 0.29) is 11.7 Å². The molecule has 1 amide bonds. The molecule has 0 atom stereocenters. The van der Waals surface area contributed by atoms with E-state index >= 15 is 0 Å². The highest BCUT2D eigenvalue weighted by Gasteiger charge is 2.15. The van der Waals surface area contributed by atoms with Gasteiger partial charge in [-0.2, -0.15) is 5.10 Å². The summed E-state index contributed by atoms with van der Waals surface area (Å²) in [7, 11) is 1.54. The van der Waals surface area contributed by atoms with Gasteiger partial charge >= 0.3 is 0 Å². The summed E-state index contributed by atoms with van der Waals surface area (Å²) in [6, 6.07) is 11.4. The Morgan fingerprint density at radius 3 is 2.61 bits per heavy atom. The molecule has 0 unspecified atom stereocenters. The van der Waals surface area contributed by atoms with E-state index in [1.807, 2.05) is 13.0 Å². The van der Waals surface area contributed by atoms with Gasteiger partial charge in [0, 0.05) is 30.8 Å². The Kier molecular flexibility index (Phi) is 5.84. The number of benzene rings is 2. The molecule has 2 aromatic carbocycles. The van der Waals surface area contributed by atoms with Crippen LogP contribution >= 0.6 is 11.6 Å². The zero-order valence-electron chi connectivity index (χ0n) is 15.7. The second-order valence-corrected chi connectivity index (χ2v) is 6.55. The minimum absolute atomic E-state index is 0.172. The van der Waals surface area contributed by atoms with Crippen LogP contribution in [0.2, 0.25) is 5.15 Å². The fraction of sp³-hybridized carbons (Fsp3) is 0.200. The largest absolute Gasteiger partial charge is 0.494 e. The molecule has 1 heterocycles. The number of aryl methyl sites for hydroxylation is 1. The zero-order valence-corrected chi connectivity index (χ0v) is 16.5. The van der Waals surface area contributed by atoms with Gasteiger partial charge in [-0.3, -0.25) is 4.79 Å². The lowest BCUT2D eigenvalue weighted by molar-refractivity contribution is -0.114. The summed E-state index contributed by atoms with van der Waals surface area (Å²) < 4.78 is 20.1. The van der Waals surface area contributed by atoms with Gasteiger partial charge in [0.1, 0.15) is 16.7 Å². The highest BCUT2D eigenvalue weighted by atomic mass is 35.5. The summed E-state index contributed by atoms with van der Waals surface area (Å²) in [6.45, 7) is 3.74. The monoisotopic (exact) mass is 402 g/mol. The maximum atomic E-state index is 13.1. The van der Waals surface area contributed by atoms with Crippen molar-refractivity contribution in [2.75, 3.05) is 17.7 Å². The number of carbonyl (C=O) groups is 1. The molecule has 3 rings (SSSR count). The molecular weight excluding hydrogens is 383 g/mol. The van der Waals surface area contributed by atoms with Gasteiger partial charge < -0.3 is 15.4 Å². The third-order valence-corrected chi connectivity index (χ3v) is 4.56. The number of amides is 1. The minimum Gasteiger partial charge on any atom is -0.494 e. The summed E-state index contributed by atoms with van der Waals surface area (Å²) in [5, 5.41) is 10.9. The lowest BCUT2D eigenvalue weighted by atomic mass is 10.2. The van der Waals surface area contributed by atoms with Crippen LogP contribution in [-0.4, -0.2) is 22.8 Å². The first-order chi connectivity index (χ1) is 13.4. The molecule has 0 saturated carbocycles. The summed E-state index contributed by atoms with van der Waals surface area (Å²) in [6.07, 6.45) is 0. The number of hydrogen-bond donors (Lipinski definition) is 2. The van der Waals surface area contributed by atoms with Crippen molar-refractivity contribution in [1.29, 1.82) is 0 Å². The molecule has 3 aromatic rings. The van der Waals surface area contributed by atoms with Crippen molar-refractivity contribution >= 4 is 28.9 Å². The number of methoxy groups -OCH3 is 1. The average molecular weight is 403 g/mol. The Morgan fingerprint density at radius 2 is 1.96 bits per heavy atom. The normalized spacial score (nSPS) is 10.6. The van der Waals surface area contributed by atoms with E-state index in [2.05, 4.69) is 15.7 Å². The lowest BCUT2D eigenvalue weighted by Crippen LogP contribution is -2.08. The van der Waals surface area contributed by atoms with Gasteiger partial charge in [0.05, 0.1) is 24.2 Å². The van der Waals surface area contributed by atoms with Crippen molar-refractivity contribution in [2.45, 2.75) is 20.4 Å². The maximum Gasteiger partial charge on any atom is 0.221 e. The van der Waals surface area contributed by atoms with Crippen LogP contribution in [0.5, 0.6) is 5.75 Å². The lowest BCUT2D eigenvalue weighted by Gasteiger charge is -2.12. The van der Waals surface area contributed by atoms with Gasteiger partial charge in [0.15, 0.2) is 0 Å². The average Bonchev–Trinajstić information content (AvgIpc) is 2.95. The molecule has 0 aliphatic rings. The first kappa shape index (κ1) is 19.7. The second-order valence-electron chi connectivity index (χ2n) is 6.19. The number of carbonyl (C=O) groups excluding carboxylic acids is 1. The van der Waals surface area contributed by atoms with Crippen molar-refractivity contribution in [2.24, 2.45) is 0 Å². The van der Waals surface area contributed by atoms with Crippen molar-refractivity contribution in [3.8, 4) is 11.4 Å². The fourth-order valence-electron chi connectivity index (χ4n) is 2.77. The van der Waals surface area contributed by atoms with Crippen molar-refractivity contribution in [3.63, 3.8) is 0 Å². The molecule has 6 nitrogen and oxygen atoms in total. The first-order valence-corrected chi connectivity index (χ1v) is 8.96. The quantitative estimate of drug-likeness (QED) is 0.634. The van der Waals surface area contributed by atoms with E-state index < -0.39 is 0 Å². The van der Waals surface area contributed by atoms with Crippen LogP contribution in [0.25, 0.3) is 5.69 Å². The molecule has 1 aromatic heterocycles. The van der Waals surface area contributed by atoms with E-state index in [0.717, 1.165) is 16.9 Å². The molecule has 8 heteroatoms. The molecule has 0 fully saturated rings. The predicted molar refractivity (Wildman–Crippen MR) is 108 cm³/mol. The molecule has 2 N–H and O–H groups in total. The number of nitrogens with zero attached hydrogens (tertiary/aromatic N) is 2. The Hall–Kier alpha value is -3.06. The van der Waals surface area contributed by atoms with Gasteiger partial charge in [-0.1, -0.05) is 11.6 Å². The van der Waals surface area contributed by atoms with Crippen LogP contribution in [0.3, 0.4) is 0 Å². The number of halogens is 2. The molecule has 0 spiro atoms. The Morgan fingerprint density at radius 1 is 1.25 bits per heavy atom. The summed E-state index contributed by atoms with van der Waals surface area (Å²) in [5.74, 6) is 0.0574. The van der Waals surface area contributed by atoms with Gasteiger partial charge in [-0.05, 0) is 43.3 Å². The molecule has 0 aliphatic carbocycles. The molecule has 0 aliphatic heterocycles. The standard InChI is InChI=1S/C20H20ClFN4O2/c1-12-17(20(21)26(25-12)16-7-4-14(22)5-8-16)11-23-15-6-9-18(24-13(2)27)19(10-15)28-3/h4-10,23H,11H2,1-3H3,(H,24,27). The van der Waals surface area contributed by atoms with Crippen LogP contribution in [0.1, 0.15) is 18.2 Å². The topological polar surface area (TPSA) is 68.2 Å². The van der Waals surface area contributed by atoms with E-state index in [0.29, 0.717) is 28.8 Å². The Bertz CT molecular complexity index is 1000. The van der Waals surface area contributed by atoms with Crippen molar-refractivity contribution < 1.29 is 13.9 Å². The Balaban J connectivity index is 1.79. The van der Waals surface area contributed by atoms with E-state index in [9.17, 15) is 9.18 Å². The molecule has 0 radical (unpaired) electrons. The van der Waals surface area contributed by atoms with Gasteiger partial charge in [-0.25, -0.2) is 9.07 Å². The van der Waals surface area contributed by atoms with Gasteiger partial charge in [0.25, 0.3) is 0 Å². The summed E-state index contributed by atoms with van der Waals surface area (Å²) in [5.41, 5.74) is 3.68. The van der Waals surface area contributed by atoms with Crippen LogP contribution < -0.4 is 15.4 Å². The van der Waals surface area contributed by atoms with Crippen LogP contribution in [0, 0.1) is 12.7 Å². The SMILES string of the molecule is COc1cc(NCc2c(C)nn(-c3ccc(F)cc3)c2Cl)ccc1NC(C)=O. The first-order valence-electron chi connectivity index (χ1n) is 8.58. The predicted octanol–water partition coefficient (Wildman–Crippen LogP) is 4.55. The zero-order chi connectivity index (χ0) is 20.3. The number of anilines is 2. The van der Waals surface area contributed by atoms with E-state index in [1.54, 1.807) is 28.9 Å². The van der Waals surface area contributed by atoms with Gasteiger partial charge in [0.2, 0.25) is 5.91 Å². The number of nitrogens with one attached hydrogen (secondary N) is 2. The second kappa shape index (κ2) is 8.31. The summed E-state index contributed by atoms with van der Waals surface area (Å²) in [4.78, 5) is 11.3. The molecule has 0 bridgehead atoms. The van der Waals surface area contributed by atoms with Crippen molar-refractivity contribution in [3.05, 3.63) is 64.7 Å². The van der Waals surface area contributed by atoms with Gasteiger partial charge in [-0.15, -0.1) is 0 Å². The molecule has 146 valence electrons. The highest BCUT2D eigenvalue weighted by molar-refractivity contribution is 6.30. The van der Waals surface area contributed by atoms with Crippen LogP contribution in [-0.2, 0) is 11.3 Å². The number of rotatable bonds is 6. The number of hydrogen-bond acceptors (Lipinski definition) is 4. The number of aromatic nitrogens is 2. The highest BCUT2D eigenvalue weighted by Crippen LogP contribution is 2.29. The third-order valence-electron chi connectivity index (χ3n) is 4.17. The molecular formula is C20H20ClFN4O2. The molecule has 28 heavy (non-hydrogen) atoms. The minimum atomic E-state index is -0.317. The third kappa shape index (κ3) is 4.26. The number of ether oxygens (including phenoxy) is 1. The smallest absolute Gasteiger partial charge is 0.221 e.